The van der Waals surface area contributed by atoms with Crippen molar-refractivity contribution >= 4 is 37.3 Å². The van der Waals surface area contributed by atoms with E-state index in [0.717, 1.165) is 23.7 Å². The zero-order chi connectivity index (χ0) is 27.4. The molecule has 0 radical (unpaired) electrons. The molecule has 3 rings (SSSR count). The molecule has 1 aromatic carbocycles. The van der Waals surface area contributed by atoms with E-state index < -0.39 is 25.7 Å². The summed E-state index contributed by atoms with van der Waals surface area (Å²) in [5.74, 6) is -1.22. The van der Waals surface area contributed by atoms with Crippen molar-refractivity contribution in [1.29, 1.82) is 0 Å². The first-order valence-electron chi connectivity index (χ1n) is 12.8. The number of carbonyl (C=O) groups is 2. The number of Topliss-reactive ketones (excluding diaryl/α,β-unsaturated/α-hetero) is 1. The molecule has 37 heavy (non-hydrogen) atoms. The zero-order valence-corrected chi connectivity index (χ0v) is 24.2. The summed E-state index contributed by atoms with van der Waals surface area (Å²) in [5, 5.41) is 0.151. The summed E-state index contributed by atoms with van der Waals surface area (Å²) in [7, 11) is -1.77. The summed E-state index contributed by atoms with van der Waals surface area (Å²) in [6.07, 6.45) is 1.66. The molecule has 0 aliphatic carbocycles. The molecule has 2 aromatic heterocycles. The van der Waals surface area contributed by atoms with Crippen molar-refractivity contribution in [2.24, 2.45) is 0 Å². The fraction of sp³-hybridized carbons (Fsp3) is 0.464. The third-order valence-corrected chi connectivity index (χ3v) is 11.5. The van der Waals surface area contributed by atoms with E-state index in [9.17, 15) is 14.0 Å². The molecular formula is C28H36ClFN2O4Si. The van der Waals surface area contributed by atoms with Gasteiger partial charge in [0.25, 0.3) is 0 Å². The van der Waals surface area contributed by atoms with Gasteiger partial charge in [0, 0.05) is 18.2 Å². The van der Waals surface area contributed by atoms with Crippen molar-refractivity contribution in [2.45, 2.75) is 84.7 Å². The van der Waals surface area contributed by atoms with Crippen molar-refractivity contribution in [1.82, 2.24) is 9.38 Å². The summed E-state index contributed by atoms with van der Waals surface area (Å²) < 4.78 is 27.2. The third-order valence-electron chi connectivity index (χ3n) is 6.60. The van der Waals surface area contributed by atoms with Crippen LogP contribution in [0.15, 0.2) is 36.5 Å². The highest BCUT2D eigenvalue weighted by Gasteiger charge is 2.29. The Morgan fingerprint density at radius 1 is 1.05 bits per heavy atom. The second-order valence-corrected chi connectivity index (χ2v) is 15.4. The van der Waals surface area contributed by atoms with Crippen LogP contribution in [0.4, 0.5) is 4.39 Å². The number of nitrogens with zero attached hydrogens (tertiary/aromatic N) is 2. The number of aromatic nitrogens is 2. The van der Waals surface area contributed by atoms with Gasteiger partial charge in [-0.3, -0.25) is 14.0 Å². The largest absolute Gasteiger partial charge is 0.460 e. The minimum Gasteiger partial charge on any atom is -0.460 e. The Hall–Kier alpha value is -2.55. The Kier molecular flexibility index (Phi) is 9.31. The van der Waals surface area contributed by atoms with Gasteiger partial charge >= 0.3 is 5.97 Å². The molecule has 200 valence electrons. The van der Waals surface area contributed by atoms with Crippen molar-refractivity contribution < 1.29 is 23.1 Å². The summed E-state index contributed by atoms with van der Waals surface area (Å²) in [6, 6.07) is 10.9. The van der Waals surface area contributed by atoms with Crippen LogP contribution in [0, 0.1) is 5.82 Å². The lowest BCUT2D eigenvalue weighted by atomic mass is 10.0. The maximum absolute atomic E-state index is 13.8. The molecular weight excluding hydrogens is 511 g/mol. The van der Waals surface area contributed by atoms with E-state index in [1.165, 1.54) is 18.2 Å². The van der Waals surface area contributed by atoms with Crippen molar-refractivity contribution in [3.63, 3.8) is 0 Å². The maximum atomic E-state index is 13.8. The van der Waals surface area contributed by atoms with Crippen LogP contribution >= 0.6 is 11.6 Å². The Labute approximate surface area is 224 Å². The third kappa shape index (κ3) is 7.06. The molecule has 0 spiro atoms. The Balaban J connectivity index is 1.99. The Morgan fingerprint density at radius 3 is 2.32 bits per heavy atom. The number of hydrogen-bond donors (Lipinski definition) is 0. The van der Waals surface area contributed by atoms with E-state index in [1.807, 2.05) is 12.1 Å². The number of rotatable bonds is 11. The van der Waals surface area contributed by atoms with Crippen LogP contribution < -0.4 is 0 Å². The smallest absolute Gasteiger partial charge is 0.306 e. The lowest BCUT2D eigenvalue weighted by Crippen LogP contribution is -2.35. The lowest BCUT2D eigenvalue weighted by molar-refractivity contribution is -0.154. The van der Waals surface area contributed by atoms with E-state index in [2.05, 4.69) is 20.8 Å². The molecule has 3 aromatic rings. The number of fused-ring (bicyclic) bond motifs is 1. The number of benzene rings is 1. The highest BCUT2D eigenvalue weighted by Crippen LogP contribution is 2.33. The minimum atomic E-state index is -1.77. The SMILES string of the molecule is CC[Si](CC)(CC)OCc1ccn2c(C(=O)CCC(=O)OC(C)(C)C)c(-c3ccc(F)cc3Cl)nc2c1. The molecule has 0 saturated heterocycles. The second kappa shape index (κ2) is 11.9. The number of pyridine rings is 1. The van der Waals surface area contributed by atoms with Gasteiger partial charge in [0.2, 0.25) is 0 Å². The maximum Gasteiger partial charge on any atom is 0.306 e. The monoisotopic (exact) mass is 546 g/mol. The van der Waals surface area contributed by atoms with Gasteiger partial charge in [-0.15, -0.1) is 0 Å². The highest BCUT2D eigenvalue weighted by molar-refractivity contribution is 6.73. The molecule has 0 fully saturated rings. The number of ether oxygens (including phenoxy) is 1. The Morgan fingerprint density at radius 2 is 1.73 bits per heavy atom. The van der Waals surface area contributed by atoms with Crippen molar-refractivity contribution in [3.8, 4) is 11.3 Å². The van der Waals surface area contributed by atoms with Gasteiger partial charge in [-0.1, -0.05) is 32.4 Å². The molecule has 0 atom stereocenters. The first-order valence-corrected chi connectivity index (χ1v) is 15.7. The summed E-state index contributed by atoms with van der Waals surface area (Å²) >= 11 is 6.36. The van der Waals surface area contributed by atoms with Gasteiger partial charge in [0.05, 0.1) is 18.1 Å². The first kappa shape index (κ1) is 29.0. The molecule has 2 heterocycles. The van der Waals surface area contributed by atoms with Crippen LogP contribution in [0.5, 0.6) is 0 Å². The van der Waals surface area contributed by atoms with Crippen molar-refractivity contribution in [2.75, 3.05) is 0 Å². The number of hydrogen-bond acceptors (Lipinski definition) is 5. The van der Waals surface area contributed by atoms with Crippen LogP contribution in [0.2, 0.25) is 23.2 Å². The van der Waals surface area contributed by atoms with E-state index in [1.54, 1.807) is 31.4 Å². The van der Waals surface area contributed by atoms with Crippen LogP contribution in [-0.4, -0.2) is 35.1 Å². The fourth-order valence-corrected chi connectivity index (χ4v) is 7.17. The number of carbonyl (C=O) groups excluding carboxylic acids is 2. The quantitative estimate of drug-likeness (QED) is 0.140. The van der Waals surface area contributed by atoms with Gasteiger partial charge in [-0.2, -0.15) is 0 Å². The normalized spacial score (nSPS) is 12.2. The van der Waals surface area contributed by atoms with Crippen LogP contribution in [0.1, 0.15) is 70.4 Å². The molecule has 0 unspecified atom stereocenters. The summed E-state index contributed by atoms with van der Waals surface area (Å²) in [4.78, 5) is 30.4. The summed E-state index contributed by atoms with van der Waals surface area (Å²) in [6.45, 7) is 12.4. The average Bonchev–Trinajstić information content (AvgIpc) is 3.21. The molecule has 0 aliphatic heterocycles. The molecule has 0 saturated carbocycles. The minimum absolute atomic E-state index is 0.0585. The molecule has 6 nitrogen and oxygen atoms in total. The molecule has 0 N–H and O–H groups in total. The topological polar surface area (TPSA) is 69.9 Å². The molecule has 0 bridgehead atoms. The van der Waals surface area contributed by atoms with Crippen LogP contribution in [0.3, 0.4) is 0 Å². The predicted octanol–water partition coefficient (Wildman–Crippen LogP) is 7.62. The van der Waals surface area contributed by atoms with Gasteiger partial charge in [0.1, 0.15) is 28.5 Å². The van der Waals surface area contributed by atoms with Crippen LogP contribution in [-0.2, 0) is 20.6 Å². The van der Waals surface area contributed by atoms with E-state index >= 15 is 0 Å². The van der Waals surface area contributed by atoms with Gasteiger partial charge in [-0.25, -0.2) is 9.37 Å². The van der Waals surface area contributed by atoms with Crippen molar-refractivity contribution in [3.05, 3.63) is 58.6 Å². The van der Waals surface area contributed by atoms with Gasteiger partial charge in [-0.05, 0) is 74.8 Å². The number of imidazole rings is 1. The van der Waals surface area contributed by atoms with E-state index in [0.29, 0.717) is 29.2 Å². The van der Waals surface area contributed by atoms with E-state index in [4.69, 9.17) is 25.7 Å². The summed E-state index contributed by atoms with van der Waals surface area (Å²) in [5.41, 5.74) is 1.95. The Bertz CT molecular complexity index is 1270. The van der Waals surface area contributed by atoms with Crippen LogP contribution in [0.25, 0.3) is 16.9 Å². The van der Waals surface area contributed by atoms with Gasteiger partial charge < -0.3 is 9.16 Å². The van der Waals surface area contributed by atoms with E-state index in [-0.39, 0.29) is 23.6 Å². The standard InChI is InChI=1S/C28H36ClFN2O4Si/c1-7-37(8-2,9-3)35-18-19-14-15-32-24(16-19)31-26(21-11-10-20(30)17-22(21)29)27(32)23(33)12-13-25(34)36-28(4,5)6/h10-11,14-17H,7-9,12-13,18H2,1-6H3. The lowest BCUT2D eigenvalue weighted by Gasteiger charge is -2.28. The number of halogens is 2. The zero-order valence-electron chi connectivity index (χ0n) is 22.5. The number of esters is 1. The fourth-order valence-electron chi connectivity index (χ4n) is 4.33. The molecule has 0 amide bonds. The second-order valence-electron chi connectivity index (χ2n) is 10.2. The van der Waals surface area contributed by atoms with Gasteiger partial charge in [0.15, 0.2) is 14.1 Å². The average molecular weight is 547 g/mol. The molecule has 0 aliphatic rings. The molecule has 9 heteroatoms. The predicted molar refractivity (Wildman–Crippen MR) is 147 cm³/mol. The highest BCUT2D eigenvalue weighted by atomic mass is 35.5. The first-order chi connectivity index (χ1) is 17.4. The number of ketones is 1.